The van der Waals surface area contributed by atoms with Crippen LogP contribution in [0.1, 0.15) is 22.2 Å². The van der Waals surface area contributed by atoms with E-state index < -0.39 is 0 Å². The topological polar surface area (TPSA) is 63.9 Å². The van der Waals surface area contributed by atoms with Crippen molar-refractivity contribution in [1.29, 1.82) is 0 Å². The monoisotopic (exact) mass is 414 g/mol. The maximum atomic E-state index is 12.8. The molecular formula is C22H23ClN2O4. The highest BCUT2D eigenvalue weighted by atomic mass is 35.5. The summed E-state index contributed by atoms with van der Waals surface area (Å²) >= 11 is 6.45. The summed E-state index contributed by atoms with van der Waals surface area (Å²) in [6.07, 6.45) is 0. The zero-order valence-electron chi connectivity index (χ0n) is 16.2. The molecule has 0 saturated carbocycles. The molecule has 0 radical (unpaired) electrons. The number of rotatable bonds is 6. The molecule has 0 aliphatic carbocycles. The molecule has 2 heterocycles. The molecule has 0 bridgehead atoms. The van der Waals surface area contributed by atoms with Crippen molar-refractivity contribution < 1.29 is 18.7 Å². The van der Waals surface area contributed by atoms with Gasteiger partial charge in [0.05, 0.1) is 26.4 Å². The van der Waals surface area contributed by atoms with Crippen LogP contribution in [-0.4, -0.2) is 50.8 Å². The van der Waals surface area contributed by atoms with E-state index in [4.69, 9.17) is 25.5 Å². The first kappa shape index (κ1) is 19.8. The molecule has 1 unspecified atom stereocenters. The second-order valence-corrected chi connectivity index (χ2v) is 7.29. The van der Waals surface area contributed by atoms with Crippen LogP contribution >= 0.6 is 11.6 Å². The molecule has 1 N–H and O–H groups in total. The SMILES string of the molecule is COc1cccc2cc(C(=O)NCC(c3ccccc3Cl)N3CCOCC3)oc12. The van der Waals surface area contributed by atoms with Crippen LogP contribution in [-0.2, 0) is 4.74 Å². The van der Waals surface area contributed by atoms with Gasteiger partial charge >= 0.3 is 0 Å². The average molecular weight is 415 g/mol. The molecule has 7 heteroatoms. The first-order chi connectivity index (χ1) is 14.2. The van der Waals surface area contributed by atoms with Crippen LogP contribution in [0.5, 0.6) is 5.75 Å². The number of benzene rings is 2. The normalized spacial score (nSPS) is 15.9. The average Bonchev–Trinajstić information content (AvgIpc) is 3.20. The summed E-state index contributed by atoms with van der Waals surface area (Å²) < 4.78 is 16.6. The van der Waals surface area contributed by atoms with Crippen LogP contribution in [0.2, 0.25) is 5.02 Å². The predicted octanol–water partition coefficient (Wildman–Crippen LogP) is 3.90. The van der Waals surface area contributed by atoms with Crippen molar-refractivity contribution in [2.24, 2.45) is 0 Å². The number of hydrogen-bond donors (Lipinski definition) is 1. The molecule has 2 aromatic carbocycles. The van der Waals surface area contributed by atoms with Crippen LogP contribution in [0, 0.1) is 0 Å². The summed E-state index contributed by atoms with van der Waals surface area (Å²) in [4.78, 5) is 15.1. The van der Waals surface area contributed by atoms with E-state index in [-0.39, 0.29) is 17.7 Å². The highest BCUT2D eigenvalue weighted by Gasteiger charge is 2.25. The van der Waals surface area contributed by atoms with Gasteiger partial charge in [0.15, 0.2) is 17.1 Å². The Balaban J connectivity index is 1.54. The lowest BCUT2D eigenvalue weighted by Crippen LogP contribution is -2.43. The van der Waals surface area contributed by atoms with Crippen molar-refractivity contribution in [2.75, 3.05) is 40.0 Å². The number of fused-ring (bicyclic) bond motifs is 1. The van der Waals surface area contributed by atoms with Crippen LogP contribution in [0.25, 0.3) is 11.0 Å². The quantitative estimate of drug-likeness (QED) is 0.662. The number of nitrogens with zero attached hydrogens (tertiary/aromatic N) is 1. The number of nitrogens with one attached hydrogen (secondary N) is 1. The van der Waals surface area contributed by atoms with Crippen LogP contribution < -0.4 is 10.1 Å². The third kappa shape index (κ3) is 4.24. The molecule has 29 heavy (non-hydrogen) atoms. The van der Waals surface area contributed by atoms with E-state index in [2.05, 4.69) is 10.2 Å². The molecule has 1 aromatic heterocycles. The number of methoxy groups -OCH3 is 1. The van der Waals surface area contributed by atoms with Crippen molar-refractivity contribution in [2.45, 2.75) is 6.04 Å². The lowest BCUT2D eigenvalue weighted by atomic mass is 10.0. The zero-order valence-corrected chi connectivity index (χ0v) is 16.9. The summed E-state index contributed by atoms with van der Waals surface area (Å²) in [5.74, 6) is 0.585. The highest BCUT2D eigenvalue weighted by Crippen LogP contribution is 2.30. The predicted molar refractivity (Wildman–Crippen MR) is 112 cm³/mol. The molecule has 1 fully saturated rings. The molecule has 6 nitrogen and oxygen atoms in total. The fraction of sp³-hybridized carbons (Fsp3) is 0.318. The van der Waals surface area contributed by atoms with Gasteiger partial charge in [-0.25, -0.2) is 0 Å². The number of hydrogen-bond acceptors (Lipinski definition) is 5. The Bertz CT molecular complexity index is 997. The minimum absolute atomic E-state index is 0.0459. The van der Waals surface area contributed by atoms with Gasteiger partial charge in [-0.15, -0.1) is 0 Å². The molecule has 1 atom stereocenters. The van der Waals surface area contributed by atoms with Gasteiger partial charge in [0, 0.05) is 30.0 Å². The third-order valence-electron chi connectivity index (χ3n) is 5.16. The Kier molecular flexibility index (Phi) is 6.04. The van der Waals surface area contributed by atoms with Gasteiger partial charge in [0.25, 0.3) is 5.91 Å². The van der Waals surface area contributed by atoms with Crippen LogP contribution in [0.15, 0.2) is 52.9 Å². The zero-order chi connectivity index (χ0) is 20.2. The van der Waals surface area contributed by atoms with E-state index in [0.29, 0.717) is 36.1 Å². The number of halogens is 1. The number of morpholine rings is 1. The molecule has 4 rings (SSSR count). The number of amides is 1. The maximum Gasteiger partial charge on any atom is 0.287 e. The molecule has 0 spiro atoms. The molecule has 3 aromatic rings. The Morgan fingerprint density at radius 1 is 1.21 bits per heavy atom. The minimum Gasteiger partial charge on any atom is -0.493 e. The number of ether oxygens (including phenoxy) is 2. The van der Waals surface area contributed by atoms with E-state index >= 15 is 0 Å². The van der Waals surface area contributed by atoms with Crippen LogP contribution in [0.3, 0.4) is 0 Å². The van der Waals surface area contributed by atoms with Crippen molar-refractivity contribution in [3.8, 4) is 5.75 Å². The number of carbonyl (C=O) groups excluding carboxylic acids is 1. The summed E-state index contributed by atoms with van der Waals surface area (Å²) in [6.45, 7) is 3.31. The Labute approximate surface area is 174 Å². The summed E-state index contributed by atoms with van der Waals surface area (Å²) in [5, 5.41) is 4.52. The Hall–Kier alpha value is -2.54. The highest BCUT2D eigenvalue weighted by molar-refractivity contribution is 6.31. The molecular weight excluding hydrogens is 392 g/mol. The second-order valence-electron chi connectivity index (χ2n) is 6.88. The van der Waals surface area contributed by atoms with E-state index in [1.807, 2.05) is 36.4 Å². The standard InChI is InChI=1S/C22H23ClN2O4/c1-27-19-8-4-5-15-13-20(29-21(15)19)22(26)24-14-18(25-9-11-28-12-10-25)16-6-2-3-7-17(16)23/h2-8,13,18H,9-12,14H2,1H3,(H,24,26). The van der Waals surface area contributed by atoms with Gasteiger partial charge in [0.2, 0.25) is 0 Å². The smallest absolute Gasteiger partial charge is 0.287 e. The number of para-hydroxylation sites is 1. The van der Waals surface area contributed by atoms with Gasteiger partial charge < -0.3 is 19.2 Å². The summed E-state index contributed by atoms with van der Waals surface area (Å²) in [5.41, 5.74) is 1.55. The Morgan fingerprint density at radius 2 is 2.00 bits per heavy atom. The van der Waals surface area contributed by atoms with Gasteiger partial charge in [-0.1, -0.05) is 41.9 Å². The van der Waals surface area contributed by atoms with Crippen molar-refractivity contribution >= 4 is 28.5 Å². The number of furan rings is 1. The van der Waals surface area contributed by atoms with Crippen molar-refractivity contribution in [1.82, 2.24) is 10.2 Å². The van der Waals surface area contributed by atoms with Gasteiger partial charge in [0.1, 0.15) is 0 Å². The molecule has 1 aliphatic heterocycles. The fourth-order valence-electron chi connectivity index (χ4n) is 3.66. The third-order valence-corrected chi connectivity index (χ3v) is 5.50. The van der Waals surface area contributed by atoms with E-state index in [0.717, 1.165) is 24.0 Å². The van der Waals surface area contributed by atoms with Crippen LogP contribution in [0.4, 0.5) is 0 Å². The van der Waals surface area contributed by atoms with Crippen molar-refractivity contribution in [3.63, 3.8) is 0 Å². The first-order valence-corrected chi connectivity index (χ1v) is 9.96. The lowest BCUT2D eigenvalue weighted by molar-refractivity contribution is 0.0162. The first-order valence-electron chi connectivity index (χ1n) is 9.58. The minimum atomic E-state index is -0.270. The van der Waals surface area contributed by atoms with Gasteiger partial charge in [-0.2, -0.15) is 0 Å². The Morgan fingerprint density at radius 3 is 2.76 bits per heavy atom. The lowest BCUT2D eigenvalue weighted by Gasteiger charge is -2.35. The maximum absolute atomic E-state index is 12.8. The number of carbonyl (C=O) groups is 1. The molecule has 1 aliphatic rings. The van der Waals surface area contributed by atoms with E-state index in [9.17, 15) is 4.79 Å². The molecule has 1 amide bonds. The van der Waals surface area contributed by atoms with Crippen molar-refractivity contribution in [3.05, 3.63) is 64.9 Å². The second kappa shape index (κ2) is 8.86. The summed E-state index contributed by atoms with van der Waals surface area (Å²) in [6, 6.07) is 15.0. The van der Waals surface area contributed by atoms with E-state index in [1.165, 1.54) is 0 Å². The molecule has 1 saturated heterocycles. The van der Waals surface area contributed by atoms with Gasteiger partial charge in [-0.3, -0.25) is 9.69 Å². The van der Waals surface area contributed by atoms with Gasteiger partial charge in [-0.05, 0) is 23.8 Å². The molecule has 152 valence electrons. The summed E-state index contributed by atoms with van der Waals surface area (Å²) in [7, 11) is 1.58. The largest absolute Gasteiger partial charge is 0.493 e. The van der Waals surface area contributed by atoms with E-state index in [1.54, 1.807) is 19.2 Å². The fourth-order valence-corrected chi connectivity index (χ4v) is 3.92.